The lowest BCUT2D eigenvalue weighted by Crippen LogP contribution is -2.37. The highest BCUT2D eigenvalue weighted by atomic mass is 16.2. The second-order valence-electron chi connectivity index (χ2n) is 8.11. The Balaban J connectivity index is 1.41. The number of rotatable bonds is 6. The summed E-state index contributed by atoms with van der Waals surface area (Å²) >= 11 is 0. The molecule has 31 heavy (non-hydrogen) atoms. The topological polar surface area (TPSA) is 104 Å². The van der Waals surface area contributed by atoms with Crippen LogP contribution in [-0.2, 0) is 17.9 Å². The van der Waals surface area contributed by atoms with Crippen LogP contribution in [0.2, 0.25) is 0 Å². The molecule has 0 aliphatic carbocycles. The molecular formula is C23H28N6O2. The van der Waals surface area contributed by atoms with Crippen LogP contribution >= 0.6 is 0 Å². The number of urea groups is 1. The Hall–Kier alpha value is -3.26. The standard InChI is InChI=1S/C23H28N6O2/c1-16-12-21(30)29(11-3-2-9-24)27-22(16)17-4-6-20(7-5-17)26-23(31)28-14-18-8-10-25-13-19(18)15-28/h4-8,10,13,16H,2-3,9,11-12,14-15,24H2,1H3,(H,26,31). The average molecular weight is 421 g/mol. The fourth-order valence-corrected chi connectivity index (χ4v) is 3.96. The summed E-state index contributed by atoms with van der Waals surface area (Å²) < 4.78 is 0. The highest BCUT2D eigenvalue weighted by molar-refractivity contribution is 6.06. The number of aromatic nitrogens is 1. The van der Waals surface area contributed by atoms with Crippen molar-refractivity contribution < 1.29 is 9.59 Å². The monoisotopic (exact) mass is 420 g/mol. The van der Waals surface area contributed by atoms with Crippen molar-refractivity contribution in [3.63, 3.8) is 0 Å². The number of nitrogens with zero attached hydrogens (tertiary/aromatic N) is 4. The molecule has 0 radical (unpaired) electrons. The fraction of sp³-hybridized carbons (Fsp3) is 0.391. The second-order valence-corrected chi connectivity index (χ2v) is 8.11. The van der Waals surface area contributed by atoms with Gasteiger partial charge in [-0.1, -0.05) is 19.1 Å². The minimum absolute atomic E-state index is 0.0513. The molecule has 1 atom stereocenters. The number of hydrogen-bond donors (Lipinski definition) is 2. The minimum atomic E-state index is -0.135. The SMILES string of the molecule is CC1CC(=O)N(CCCCN)N=C1c1ccc(NC(=O)N2Cc3ccncc3C2)cc1. The van der Waals surface area contributed by atoms with Crippen LogP contribution in [0.15, 0.2) is 47.8 Å². The quantitative estimate of drug-likeness (QED) is 0.701. The first kappa shape index (κ1) is 21.0. The summed E-state index contributed by atoms with van der Waals surface area (Å²) in [6, 6.07) is 9.46. The van der Waals surface area contributed by atoms with Crippen molar-refractivity contribution in [2.45, 2.75) is 39.3 Å². The van der Waals surface area contributed by atoms with Gasteiger partial charge in [-0.15, -0.1) is 0 Å². The van der Waals surface area contributed by atoms with E-state index in [4.69, 9.17) is 5.73 Å². The number of benzene rings is 1. The van der Waals surface area contributed by atoms with Crippen LogP contribution in [-0.4, -0.2) is 45.6 Å². The summed E-state index contributed by atoms with van der Waals surface area (Å²) in [5, 5.41) is 9.15. The summed E-state index contributed by atoms with van der Waals surface area (Å²) in [7, 11) is 0. The van der Waals surface area contributed by atoms with Gasteiger partial charge in [-0.25, -0.2) is 9.80 Å². The number of carbonyl (C=O) groups excluding carboxylic acids is 2. The molecule has 3 heterocycles. The largest absolute Gasteiger partial charge is 0.330 e. The molecule has 4 rings (SSSR count). The predicted molar refractivity (Wildman–Crippen MR) is 119 cm³/mol. The van der Waals surface area contributed by atoms with Gasteiger partial charge in [0.05, 0.1) is 5.71 Å². The number of hydrogen-bond acceptors (Lipinski definition) is 5. The lowest BCUT2D eigenvalue weighted by molar-refractivity contribution is -0.132. The Morgan fingerprint density at radius 2 is 1.94 bits per heavy atom. The van der Waals surface area contributed by atoms with E-state index in [2.05, 4.69) is 15.4 Å². The number of nitrogens with one attached hydrogen (secondary N) is 1. The summed E-state index contributed by atoms with van der Waals surface area (Å²) in [6.45, 7) is 4.37. The predicted octanol–water partition coefficient (Wildman–Crippen LogP) is 2.94. The van der Waals surface area contributed by atoms with Gasteiger partial charge in [0.15, 0.2) is 0 Å². The number of anilines is 1. The van der Waals surface area contributed by atoms with E-state index in [1.807, 2.05) is 43.5 Å². The molecule has 1 aromatic heterocycles. The van der Waals surface area contributed by atoms with E-state index in [0.29, 0.717) is 32.6 Å². The van der Waals surface area contributed by atoms with Gasteiger partial charge in [-0.2, -0.15) is 5.10 Å². The molecule has 2 aromatic rings. The van der Waals surface area contributed by atoms with E-state index < -0.39 is 0 Å². The molecule has 1 unspecified atom stereocenters. The van der Waals surface area contributed by atoms with Gasteiger partial charge in [0.1, 0.15) is 0 Å². The maximum atomic E-state index is 12.6. The van der Waals surface area contributed by atoms with Crippen molar-refractivity contribution >= 4 is 23.3 Å². The van der Waals surface area contributed by atoms with Crippen molar-refractivity contribution in [1.82, 2.24) is 14.9 Å². The highest BCUT2D eigenvalue weighted by Crippen LogP contribution is 2.24. The van der Waals surface area contributed by atoms with Crippen LogP contribution < -0.4 is 11.1 Å². The lowest BCUT2D eigenvalue weighted by Gasteiger charge is -2.27. The number of unbranched alkanes of at least 4 members (excludes halogenated alkanes) is 1. The lowest BCUT2D eigenvalue weighted by atomic mass is 9.93. The smallest absolute Gasteiger partial charge is 0.322 e. The zero-order valence-electron chi connectivity index (χ0n) is 17.8. The Bertz CT molecular complexity index is 963. The van der Waals surface area contributed by atoms with Gasteiger partial charge in [-0.3, -0.25) is 9.78 Å². The normalized spacial score (nSPS) is 18.1. The van der Waals surface area contributed by atoms with Gasteiger partial charge in [0.25, 0.3) is 0 Å². The van der Waals surface area contributed by atoms with E-state index in [9.17, 15) is 9.59 Å². The Kier molecular flexibility index (Phi) is 6.27. The molecule has 3 amide bonds. The second kappa shape index (κ2) is 9.26. The number of pyridine rings is 1. The number of amides is 3. The molecule has 0 saturated carbocycles. The van der Waals surface area contributed by atoms with E-state index in [-0.39, 0.29) is 17.9 Å². The van der Waals surface area contributed by atoms with Crippen LogP contribution in [0, 0.1) is 5.92 Å². The molecule has 1 aromatic carbocycles. The summed E-state index contributed by atoms with van der Waals surface area (Å²) in [4.78, 5) is 30.8. The molecule has 3 N–H and O–H groups in total. The van der Waals surface area contributed by atoms with E-state index in [1.54, 1.807) is 16.1 Å². The fourth-order valence-electron chi connectivity index (χ4n) is 3.96. The number of hydrazone groups is 1. The average Bonchev–Trinajstić information content (AvgIpc) is 3.21. The molecule has 0 bridgehead atoms. The van der Waals surface area contributed by atoms with Gasteiger partial charge in [-0.05, 0) is 54.3 Å². The number of nitrogens with two attached hydrogens (primary N) is 1. The first-order valence-corrected chi connectivity index (χ1v) is 10.7. The summed E-state index contributed by atoms with van der Waals surface area (Å²) in [6.07, 6.45) is 5.73. The Morgan fingerprint density at radius 3 is 2.68 bits per heavy atom. The third kappa shape index (κ3) is 4.74. The summed E-state index contributed by atoms with van der Waals surface area (Å²) in [5.74, 6) is 0.106. The van der Waals surface area contributed by atoms with Crippen LogP contribution in [0.25, 0.3) is 0 Å². The molecule has 162 valence electrons. The van der Waals surface area contributed by atoms with Gasteiger partial charge in [0, 0.05) is 50.1 Å². The Labute approximate surface area is 182 Å². The first-order valence-electron chi connectivity index (χ1n) is 10.7. The molecular weight excluding hydrogens is 392 g/mol. The Morgan fingerprint density at radius 1 is 1.16 bits per heavy atom. The zero-order valence-corrected chi connectivity index (χ0v) is 17.8. The minimum Gasteiger partial charge on any atom is -0.330 e. The number of carbonyl (C=O) groups is 2. The van der Waals surface area contributed by atoms with Crippen molar-refractivity contribution in [2.75, 3.05) is 18.4 Å². The van der Waals surface area contributed by atoms with Crippen molar-refractivity contribution in [2.24, 2.45) is 16.8 Å². The molecule has 0 fully saturated rings. The van der Waals surface area contributed by atoms with Gasteiger partial charge < -0.3 is 16.0 Å². The van der Waals surface area contributed by atoms with Crippen LogP contribution in [0.4, 0.5) is 10.5 Å². The third-order valence-corrected chi connectivity index (χ3v) is 5.73. The molecule has 0 spiro atoms. The molecule has 8 heteroatoms. The molecule has 0 saturated heterocycles. The molecule has 2 aliphatic heterocycles. The van der Waals surface area contributed by atoms with E-state index >= 15 is 0 Å². The summed E-state index contributed by atoms with van der Waals surface area (Å²) in [5.41, 5.74) is 10.4. The van der Waals surface area contributed by atoms with Crippen LogP contribution in [0.3, 0.4) is 0 Å². The van der Waals surface area contributed by atoms with Crippen molar-refractivity contribution in [3.8, 4) is 0 Å². The maximum Gasteiger partial charge on any atom is 0.322 e. The highest BCUT2D eigenvalue weighted by Gasteiger charge is 2.27. The van der Waals surface area contributed by atoms with Crippen LogP contribution in [0.1, 0.15) is 42.9 Å². The third-order valence-electron chi connectivity index (χ3n) is 5.73. The van der Waals surface area contributed by atoms with Crippen LogP contribution in [0.5, 0.6) is 0 Å². The molecule has 8 nitrogen and oxygen atoms in total. The van der Waals surface area contributed by atoms with Crippen molar-refractivity contribution in [3.05, 3.63) is 59.4 Å². The van der Waals surface area contributed by atoms with Gasteiger partial charge >= 0.3 is 6.03 Å². The van der Waals surface area contributed by atoms with Gasteiger partial charge in [0.2, 0.25) is 5.91 Å². The maximum absolute atomic E-state index is 12.6. The first-order chi connectivity index (χ1) is 15.0. The van der Waals surface area contributed by atoms with E-state index in [1.165, 1.54) is 0 Å². The number of fused-ring (bicyclic) bond motifs is 1. The van der Waals surface area contributed by atoms with Crippen molar-refractivity contribution in [1.29, 1.82) is 0 Å². The zero-order chi connectivity index (χ0) is 21.8. The molecule has 2 aliphatic rings. The van der Waals surface area contributed by atoms with E-state index in [0.717, 1.165) is 40.9 Å².